The van der Waals surface area contributed by atoms with Crippen LogP contribution in [0.4, 0.5) is 0 Å². The minimum absolute atomic E-state index is 0.228. The number of nitrogens with one attached hydrogen (secondary N) is 1. The second kappa shape index (κ2) is 6.13. The van der Waals surface area contributed by atoms with Crippen molar-refractivity contribution in [3.8, 4) is 5.75 Å². The van der Waals surface area contributed by atoms with Crippen LogP contribution in [0.15, 0.2) is 12.1 Å². The van der Waals surface area contributed by atoms with Gasteiger partial charge in [-0.3, -0.25) is 4.98 Å². The molecule has 0 saturated heterocycles. The Hall–Kier alpha value is -1.09. The van der Waals surface area contributed by atoms with Crippen LogP contribution in [0.5, 0.6) is 5.75 Å². The summed E-state index contributed by atoms with van der Waals surface area (Å²) in [7, 11) is 0. The molecule has 1 saturated carbocycles. The van der Waals surface area contributed by atoms with Gasteiger partial charge in [-0.1, -0.05) is 27.7 Å². The Labute approximate surface area is 123 Å². The van der Waals surface area contributed by atoms with Crippen LogP contribution in [0.1, 0.15) is 51.9 Å². The summed E-state index contributed by atoms with van der Waals surface area (Å²) >= 11 is 0. The third-order valence-corrected chi connectivity index (χ3v) is 4.87. The molecule has 1 aliphatic carbocycles. The largest absolute Gasteiger partial charge is 0.488 e. The molecule has 2 rings (SSSR count). The molecule has 0 radical (unpaired) electrons. The molecule has 3 nitrogen and oxygen atoms in total. The van der Waals surface area contributed by atoms with Gasteiger partial charge < -0.3 is 10.1 Å². The summed E-state index contributed by atoms with van der Waals surface area (Å²) in [5.41, 5.74) is 2.37. The lowest BCUT2D eigenvalue weighted by Crippen LogP contribution is -2.63. The molecule has 0 bridgehead atoms. The lowest BCUT2D eigenvalue weighted by Gasteiger charge is -2.53. The zero-order valence-corrected chi connectivity index (χ0v) is 13.5. The van der Waals surface area contributed by atoms with Gasteiger partial charge in [0.1, 0.15) is 11.9 Å². The molecule has 0 aromatic carbocycles. The first-order valence-electron chi connectivity index (χ1n) is 7.91. The molecule has 3 atom stereocenters. The molecule has 1 aromatic rings. The van der Waals surface area contributed by atoms with Crippen LogP contribution in [0, 0.1) is 12.3 Å². The van der Waals surface area contributed by atoms with Gasteiger partial charge in [0.25, 0.3) is 0 Å². The van der Waals surface area contributed by atoms with Crippen LogP contribution in [0.25, 0.3) is 0 Å². The molecule has 20 heavy (non-hydrogen) atoms. The van der Waals surface area contributed by atoms with Crippen molar-refractivity contribution in [3.63, 3.8) is 0 Å². The van der Waals surface area contributed by atoms with E-state index in [-0.39, 0.29) is 5.41 Å². The number of hydrogen-bond donors (Lipinski definition) is 1. The first kappa shape index (κ1) is 15.3. The lowest BCUT2D eigenvalue weighted by molar-refractivity contribution is -0.0702. The Kier molecular flexibility index (Phi) is 4.69. The van der Waals surface area contributed by atoms with Gasteiger partial charge in [0.05, 0.1) is 5.69 Å². The van der Waals surface area contributed by atoms with Gasteiger partial charge in [-0.15, -0.1) is 0 Å². The van der Waals surface area contributed by atoms with Crippen molar-refractivity contribution in [1.82, 2.24) is 10.3 Å². The fraction of sp³-hybridized carbons (Fsp3) is 0.706. The Morgan fingerprint density at radius 3 is 2.70 bits per heavy atom. The van der Waals surface area contributed by atoms with Gasteiger partial charge in [0.15, 0.2) is 0 Å². The van der Waals surface area contributed by atoms with Crippen molar-refractivity contribution in [2.24, 2.45) is 5.41 Å². The number of ether oxygens (including phenoxy) is 1. The highest BCUT2D eigenvalue weighted by Gasteiger charge is 2.51. The zero-order valence-electron chi connectivity index (χ0n) is 13.5. The van der Waals surface area contributed by atoms with Crippen molar-refractivity contribution < 1.29 is 4.74 Å². The summed E-state index contributed by atoms with van der Waals surface area (Å²) < 4.78 is 6.31. The molecular formula is C17H28N2O. The average molecular weight is 276 g/mol. The summed E-state index contributed by atoms with van der Waals surface area (Å²) in [6, 6.07) is 4.70. The molecule has 1 N–H and O–H groups in total. The number of nitrogens with zero attached hydrogens (tertiary/aromatic N) is 1. The Bertz CT molecular complexity index is 460. The maximum Gasteiger partial charge on any atom is 0.141 e. The van der Waals surface area contributed by atoms with E-state index in [9.17, 15) is 0 Å². The number of pyridine rings is 1. The highest BCUT2D eigenvalue weighted by molar-refractivity contribution is 5.30. The molecule has 1 aliphatic rings. The Morgan fingerprint density at radius 2 is 2.10 bits per heavy atom. The first-order chi connectivity index (χ1) is 9.55. The molecular weight excluding hydrogens is 248 g/mol. The van der Waals surface area contributed by atoms with Gasteiger partial charge in [-0.25, -0.2) is 0 Å². The molecule has 0 spiro atoms. The van der Waals surface area contributed by atoms with Crippen molar-refractivity contribution in [2.75, 3.05) is 6.54 Å². The van der Waals surface area contributed by atoms with Crippen molar-refractivity contribution in [1.29, 1.82) is 0 Å². The SMILES string of the molecule is CCNC1CC(Oc2ccc(C)nc2CC)C1(C)CC. The van der Waals surface area contributed by atoms with E-state index < -0.39 is 0 Å². The predicted octanol–water partition coefficient (Wildman–Crippen LogP) is 3.50. The lowest BCUT2D eigenvalue weighted by atomic mass is 9.61. The second-order valence-electron chi connectivity index (χ2n) is 6.06. The maximum atomic E-state index is 6.31. The Morgan fingerprint density at radius 1 is 1.35 bits per heavy atom. The molecule has 1 aromatic heterocycles. The minimum Gasteiger partial charge on any atom is -0.488 e. The van der Waals surface area contributed by atoms with Gasteiger partial charge in [0.2, 0.25) is 0 Å². The molecule has 1 fully saturated rings. The third kappa shape index (κ3) is 2.69. The van der Waals surface area contributed by atoms with Gasteiger partial charge in [0, 0.05) is 23.6 Å². The van der Waals surface area contributed by atoms with Gasteiger partial charge in [-0.05, 0) is 38.4 Å². The fourth-order valence-electron chi connectivity index (χ4n) is 3.15. The van der Waals surface area contributed by atoms with Crippen LogP contribution in [0.3, 0.4) is 0 Å². The summed E-state index contributed by atoms with van der Waals surface area (Å²) in [6.45, 7) is 12.0. The summed E-state index contributed by atoms with van der Waals surface area (Å²) in [4.78, 5) is 4.59. The van der Waals surface area contributed by atoms with Crippen LogP contribution in [-0.2, 0) is 6.42 Å². The highest BCUT2D eigenvalue weighted by atomic mass is 16.5. The Balaban J connectivity index is 2.11. The van der Waals surface area contributed by atoms with E-state index >= 15 is 0 Å². The van der Waals surface area contributed by atoms with Gasteiger partial charge in [-0.2, -0.15) is 0 Å². The average Bonchev–Trinajstić information content (AvgIpc) is 2.46. The van der Waals surface area contributed by atoms with Crippen LogP contribution >= 0.6 is 0 Å². The van der Waals surface area contributed by atoms with E-state index in [2.05, 4.69) is 44.1 Å². The third-order valence-electron chi connectivity index (χ3n) is 4.87. The number of aromatic nitrogens is 1. The van der Waals surface area contributed by atoms with Crippen LogP contribution in [0.2, 0.25) is 0 Å². The first-order valence-corrected chi connectivity index (χ1v) is 7.91. The maximum absolute atomic E-state index is 6.31. The molecule has 3 heteroatoms. The van der Waals surface area contributed by atoms with Gasteiger partial charge >= 0.3 is 0 Å². The van der Waals surface area contributed by atoms with E-state index in [4.69, 9.17) is 4.74 Å². The second-order valence-corrected chi connectivity index (χ2v) is 6.06. The highest BCUT2D eigenvalue weighted by Crippen LogP contribution is 2.46. The van der Waals surface area contributed by atoms with E-state index in [1.165, 1.54) is 0 Å². The monoisotopic (exact) mass is 276 g/mol. The molecule has 1 heterocycles. The molecule has 0 aliphatic heterocycles. The molecule has 3 unspecified atom stereocenters. The quantitative estimate of drug-likeness (QED) is 0.863. The van der Waals surface area contributed by atoms with Crippen molar-refractivity contribution in [2.45, 2.75) is 66.0 Å². The van der Waals surface area contributed by atoms with E-state index in [0.717, 1.165) is 42.9 Å². The van der Waals surface area contributed by atoms with E-state index in [1.54, 1.807) is 0 Å². The predicted molar refractivity (Wildman–Crippen MR) is 83.2 cm³/mol. The number of hydrogen-bond acceptors (Lipinski definition) is 3. The summed E-state index contributed by atoms with van der Waals surface area (Å²) in [6.07, 6.45) is 3.44. The van der Waals surface area contributed by atoms with Crippen molar-refractivity contribution in [3.05, 3.63) is 23.5 Å². The van der Waals surface area contributed by atoms with E-state index in [1.807, 2.05) is 13.0 Å². The summed E-state index contributed by atoms with van der Waals surface area (Å²) in [5.74, 6) is 0.970. The van der Waals surface area contributed by atoms with Crippen LogP contribution in [-0.4, -0.2) is 23.7 Å². The molecule has 0 amide bonds. The fourth-order valence-corrected chi connectivity index (χ4v) is 3.15. The topological polar surface area (TPSA) is 34.1 Å². The zero-order chi connectivity index (χ0) is 14.8. The normalized spacial score (nSPS) is 29.1. The van der Waals surface area contributed by atoms with E-state index in [0.29, 0.717) is 12.1 Å². The standard InChI is InChI=1S/C17H28N2O/c1-6-13-14(10-9-12(4)19-13)20-16-11-15(18-8-3)17(16,5)7-2/h9-10,15-16,18H,6-8,11H2,1-5H3. The number of rotatable bonds is 6. The minimum atomic E-state index is 0.228. The van der Waals surface area contributed by atoms with Crippen molar-refractivity contribution >= 4 is 0 Å². The summed E-state index contributed by atoms with van der Waals surface area (Å²) in [5, 5.41) is 3.58. The smallest absolute Gasteiger partial charge is 0.141 e. The number of aryl methyl sites for hydroxylation is 2. The molecule has 112 valence electrons. The van der Waals surface area contributed by atoms with Crippen LogP contribution < -0.4 is 10.1 Å².